The molecule has 5 heteroatoms. The summed E-state index contributed by atoms with van der Waals surface area (Å²) in [7, 11) is 0. The molecule has 19 heavy (non-hydrogen) atoms. The molecular formula is C14H19ClN2O2. The van der Waals surface area contributed by atoms with Crippen molar-refractivity contribution in [3.8, 4) is 5.75 Å². The molecule has 1 aliphatic rings. The molecular weight excluding hydrogens is 264 g/mol. The summed E-state index contributed by atoms with van der Waals surface area (Å²) in [5.74, 6) is -0.104. The second-order valence-electron chi connectivity index (χ2n) is 4.90. The van der Waals surface area contributed by atoms with Crippen molar-refractivity contribution in [3.63, 3.8) is 0 Å². The van der Waals surface area contributed by atoms with Crippen molar-refractivity contribution in [3.05, 3.63) is 28.3 Å². The molecule has 0 aromatic heterocycles. The number of halogens is 1. The fourth-order valence-electron chi connectivity index (χ4n) is 2.35. The topological polar surface area (TPSA) is 52.6 Å². The lowest BCUT2D eigenvalue weighted by Crippen LogP contribution is -2.27. The van der Waals surface area contributed by atoms with Gasteiger partial charge in [0.25, 0.3) is 0 Å². The lowest BCUT2D eigenvalue weighted by molar-refractivity contribution is 0.101. The number of nitrogens with zero attached hydrogens (tertiary/aromatic N) is 1. The first kappa shape index (κ1) is 14.3. The Morgan fingerprint density at radius 1 is 1.42 bits per heavy atom. The van der Waals surface area contributed by atoms with Crippen LogP contribution in [0.2, 0.25) is 5.02 Å². The van der Waals surface area contributed by atoms with Crippen LogP contribution in [0.15, 0.2) is 12.1 Å². The van der Waals surface area contributed by atoms with Gasteiger partial charge in [-0.05, 0) is 38.6 Å². The number of phenolic OH excluding ortho intramolecular Hbond substituents is 1. The van der Waals surface area contributed by atoms with Crippen LogP contribution >= 0.6 is 11.6 Å². The molecule has 1 fully saturated rings. The van der Waals surface area contributed by atoms with Gasteiger partial charge >= 0.3 is 0 Å². The second kappa shape index (κ2) is 6.37. The van der Waals surface area contributed by atoms with Gasteiger partial charge in [-0.2, -0.15) is 0 Å². The lowest BCUT2D eigenvalue weighted by Gasteiger charge is -2.20. The van der Waals surface area contributed by atoms with E-state index < -0.39 is 0 Å². The minimum Gasteiger partial charge on any atom is -0.507 e. The van der Waals surface area contributed by atoms with Crippen molar-refractivity contribution >= 4 is 17.4 Å². The molecule has 0 unspecified atom stereocenters. The van der Waals surface area contributed by atoms with Crippen molar-refractivity contribution < 1.29 is 9.90 Å². The number of carbonyl (C=O) groups is 1. The largest absolute Gasteiger partial charge is 0.507 e. The van der Waals surface area contributed by atoms with Crippen molar-refractivity contribution in [2.24, 2.45) is 0 Å². The van der Waals surface area contributed by atoms with E-state index in [0.717, 1.165) is 38.2 Å². The quantitative estimate of drug-likeness (QED) is 0.833. The molecule has 0 radical (unpaired) electrons. The molecule has 0 spiro atoms. The summed E-state index contributed by atoms with van der Waals surface area (Å²) in [6.45, 7) is 5.94. The Labute approximate surface area is 118 Å². The number of carbonyl (C=O) groups excluding carboxylic acids is 1. The molecule has 1 aromatic rings. The van der Waals surface area contributed by atoms with E-state index in [0.29, 0.717) is 17.1 Å². The highest BCUT2D eigenvalue weighted by Crippen LogP contribution is 2.28. The minimum atomic E-state index is -0.168. The Kier molecular flexibility index (Phi) is 4.80. The number of aromatic hydroxyl groups is 1. The van der Waals surface area contributed by atoms with Crippen LogP contribution < -0.4 is 5.32 Å². The number of Topliss-reactive ketones (excluding diaryl/α,β-unsaturated/α-hetero) is 1. The molecule has 0 aliphatic carbocycles. The molecule has 4 nitrogen and oxygen atoms in total. The summed E-state index contributed by atoms with van der Waals surface area (Å²) in [5.41, 5.74) is 1.02. The molecule has 0 bridgehead atoms. The normalized spacial score (nSPS) is 17.2. The van der Waals surface area contributed by atoms with Crippen LogP contribution in [-0.4, -0.2) is 42.0 Å². The van der Waals surface area contributed by atoms with Gasteiger partial charge in [-0.3, -0.25) is 9.69 Å². The third-order valence-corrected chi connectivity index (χ3v) is 3.58. The number of benzene rings is 1. The van der Waals surface area contributed by atoms with Crippen LogP contribution in [0.25, 0.3) is 0 Å². The summed E-state index contributed by atoms with van der Waals surface area (Å²) in [6.07, 6.45) is 1.08. The van der Waals surface area contributed by atoms with E-state index in [-0.39, 0.29) is 11.5 Å². The highest BCUT2D eigenvalue weighted by molar-refractivity contribution is 6.31. The molecule has 2 N–H and O–H groups in total. The second-order valence-corrected chi connectivity index (χ2v) is 5.33. The van der Waals surface area contributed by atoms with Crippen molar-refractivity contribution in [1.82, 2.24) is 10.2 Å². The zero-order chi connectivity index (χ0) is 13.8. The van der Waals surface area contributed by atoms with Gasteiger partial charge in [-0.1, -0.05) is 11.6 Å². The van der Waals surface area contributed by atoms with E-state index in [1.54, 1.807) is 6.07 Å². The molecule has 0 amide bonds. The first-order valence-corrected chi connectivity index (χ1v) is 6.91. The third kappa shape index (κ3) is 3.69. The molecule has 0 saturated carbocycles. The summed E-state index contributed by atoms with van der Waals surface area (Å²) < 4.78 is 0. The maximum Gasteiger partial charge on any atom is 0.163 e. The molecule has 1 aromatic carbocycles. The zero-order valence-electron chi connectivity index (χ0n) is 11.1. The van der Waals surface area contributed by atoms with Crippen molar-refractivity contribution in [1.29, 1.82) is 0 Å². The number of ketones is 1. The van der Waals surface area contributed by atoms with Crippen LogP contribution in [0.1, 0.15) is 29.3 Å². The fraction of sp³-hybridized carbons (Fsp3) is 0.500. The van der Waals surface area contributed by atoms with Crippen LogP contribution in [0.4, 0.5) is 0 Å². The summed E-state index contributed by atoms with van der Waals surface area (Å²) in [6, 6.07) is 3.26. The van der Waals surface area contributed by atoms with Gasteiger partial charge in [0, 0.05) is 30.2 Å². The average molecular weight is 283 g/mol. The van der Waals surface area contributed by atoms with Crippen molar-refractivity contribution in [2.75, 3.05) is 26.2 Å². The Bertz CT molecular complexity index is 469. The number of hydrogen-bond donors (Lipinski definition) is 2. The highest BCUT2D eigenvalue weighted by Gasteiger charge is 2.16. The summed E-state index contributed by atoms with van der Waals surface area (Å²) in [5, 5.41) is 14.0. The standard InChI is InChI=1S/C14H19ClN2O2/c1-10(18)13-8-12(15)7-11(14(13)19)9-17-5-2-3-16-4-6-17/h7-8,16,19H,2-6,9H2,1H3. The Morgan fingerprint density at radius 2 is 2.21 bits per heavy atom. The van der Waals surface area contributed by atoms with E-state index in [1.165, 1.54) is 13.0 Å². The number of phenols is 1. The zero-order valence-corrected chi connectivity index (χ0v) is 11.8. The smallest absolute Gasteiger partial charge is 0.163 e. The maximum atomic E-state index is 11.5. The minimum absolute atomic E-state index is 0.0640. The maximum absolute atomic E-state index is 11.5. The molecule has 0 atom stereocenters. The van der Waals surface area contributed by atoms with E-state index in [4.69, 9.17) is 11.6 Å². The molecule has 1 saturated heterocycles. The number of nitrogens with one attached hydrogen (secondary N) is 1. The SMILES string of the molecule is CC(=O)c1cc(Cl)cc(CN2CCCNCC2)c1O. The fourth-order valence-corrected chi connectivity index (χ4v) is 2.59. The Hall–Kier alpha value is -1.10. The Balaban J connectivity index is 2.21. The molecule has 104 valence electrons. The summed E-state index contributed by atoms with van der Waals surface area (Å²) in [4.78, 5) is 13.7. The summed E-state index contributed by atoms with van der Waals surface area (Å²) >= 11 is 6.02. The van der Waals surface area contributed by atoms with Gasteiger partial charge in [-0.25, -0.2) is 0 Å². The first-order valence-electron chi connectivity index (χ1n) is 6.53. The molecule has 2 rings (SSSR count). The van der Waals surface area contributed by atoms with Gasteiger partial charge < -0.3 is 10.4 Å². The van der Waals surface area contributed by atoms with Crippen LogP contribution in [0, 0.1) is 0 Å². The van der Waals surface area contributed by atoms with E-state index in [1.807, 2.05) is 0 Å². The monoisotopic (exact) mass is 282 g/mol. The van der Waals surface area contributed by atoms with E-state index in [2.05, 4.69) is 10.2 Å². The van der Waals surface area contributed by atoms with Gasteiger partial charge in [-0.15, -0.1) is 0 Å². The van der Waals surface area contributed by atoms with Gasteiger partial charge in [0.05, 0.1) is 5.56 Å². The third-order valence-electron chi connectivity index (χ3n) is 3.36. The highest BCUT2D eigenvalue weighted by atomic mass is 35.5. The lowest BCUT2D eigenvalue weighted by atomic mass is 10.1. The van der Waals surface area contributed by atoms with Crippen LogP contribution in [-0.2, 0) is 6.54 Å². The number of hydrogen-bond acceptors (Lipinski definition) is 4. The van der Waals surface area contributed by atoms with E-state index in [9.17, 15) is 9.90 Å². The van der Waals surface area contributed by atoms with Crippen LogP contribution in [0.3, 0.4) is 0 Å². The van der Waals surface area contributed by atoms with Gasteiger partial charge in [0.15, 0.2) is 5.78 Å². The van der Waals surface area contributed by atoms with Crippen LogP contribution in [0.5, 0.6) is 5.75 Å². The van der Waals surface area contributed by atoms with Gasteiger partial charge in [0.2, 0.25) is 0 Å². The number of rotatable bonds is 3. The predicted molar refractivity (Wildman–Crippen MR) is 75.9 cm³/mol. The average Bonchev–Trinajstić information content (AvgIpc) is 2.61. The molecule has 1 heterocycles. The van der Waals surface area contributed by atoms with Crippen molar-refractivity contribution in [2.45, 2.75) is 19.9 Å². The van der Waals surface area contributed by atoms with Gasteiger partial charge in [0.1, 0.15) is 5.75 Å². The van der Waals surface area contributed by atoms with E-state index >= 15 is 0 Å². The predicted octanol–water partition coefficient (Wildman–Crippen LogP) is 2.04. The Morgan fingerprint density at radius 3 is 2.95 bits per heavy atom. The first-order chi connectivity index (χ1) is 9.08. The molecule has 1 aliphatic heterocycles.